The van der Waals surface area contributed by atoms with E-state index in [1.807, 2.05) is 30.3 Å². The molecule has 1 aromatic carbocycles. The number of carbonyl (C=O) groups is 1. The quantitative estimate of drug-likeness (QED) is 0.592. The average Bonchev–Trinajstić information content (AvgIpc) is 2.75. The number of hydrogen-bond acceptors (Lipinski definition) is 5. The molecule has 2 aliphatic rings. The Balaban J connectivity index is 1.31. The molecular formula is C22H36N4O3S. The molecule has 1 N–H and O–H groups in total. The summed E-state index contributed by atoms with van der Waals surface area (Å²) in [7, 11) is -1.17. The van der Waals surface area contributed by atoms with Gasteiger partial charge in [-0.3, -0.25) is 4.79 Å². The lowest BCUT2D eigenvalue weighted by Crippen LogP contribution is -2.45. The zero-order chi connectivity index (χ0) is 21.4. The van der Waals surface area contributed by atoms with E-state index in [0.29, 0.717) is 32.5 Å². The van der Waals surface area contributed by atoms with Gasteiger partial charge < -0.3 is 15.1 Å². The van der Waals surface area contributed by atoms with Crippen LogP contribution in [-0.2, 0) is 20.6 Å². The first-order valence-electron chi connectivity index (χ1n) is 11.1. The Bertz CT molecular complexity index is 756. The molecule has 2 heterocycles. The van der Waals surface area contributed by atoms with Crippen molar-refractivity contribution in [1.82, 2.24) is 19.4 Å². The summed E-state index contributed by atoms with van der Waals surface area (Å²) in [4.78, 5) is 17.3. The van der Waals surface area contributed by atoms with E-state index in [1.165, 1.54) is 0 Å². The smallest absolute Gasteiger partial charge is 0.223 e. The number of hydrogen-bond donors (Lipinski definition) is 1. The van der Waals surface area contributed by atoms with E-state index in [2.05, 4.69) is 22.2 Å². The molecule has 7 nitrogen and oxygen atoms in total. The third-order valence-electron chi connectivity index (χ3n) is 6.21. The highest BCUT2D eigenvalue weighted by atomic mass is 32.2. The molecule has 2 fully saturated rings. The van der Waals surface area contributed by atoms with Crippen molar-refractivity contribution >= 4 is 15.9 Å². The molecule has 30 heavy (non-hydrogen) atoms. The van der Waals surface area contributed by atoms with E-state index in [9.17, 15) is 13.2 Å². The second kappa shape index (κ2) is 11.2. The van der Waals surface area contributed by atoms with Crippen molar-refractivity contribution < 1.29 is 13.2 Å². The van der Waals surface area contributed by atoms with Crippen LogP contribution in [0.15, 0.2) is 30.3 Å². The van der Waals surface area contributed by atoms with E-state index in [4.69, 9.17) is 0 Å². The number of unbranched alkanes of at least 4 members (excludes halogenated alkanes) is 1. The standard InChI is InChI=1S/C22H36N4O3S/c1-24-15-17-25(18-16-24)12-6-5-11-23-22(27)21-9-13-26(14-10-21)30(28,29)19-20-7-3-2-4-8-20/h2-4,7-8,21H,5-6,9-19H2,1H3,(H,23,27). The Kier molecular flexibility index (Phi) is 8.68. The second-order valence-corrected chi connectivity index (χ2v) is 10.5. The Morgan fingerprint density at radius 1 is 1.00 bits per heavy atom. The van der Waals surface area contributed by atoms with Gasteiger partial charge in [0.2, 0.25) is 15.9 Å². The maximum atomic E-state index is 12.6. The molecule has 8 heteroatoms. The molecular weight excluding hydrogens is 400 g/mol. The number of nitrogens with one attached hydrogen (secondary N) is 1. The summed E-state index contributed by atoms with van der Waals surface area (Å²) in [6, 6.07) is 9.26. The van der Waals surface area contributed by atoms with E-state index < -0.39 is 10.0 Å². The van der Waals surface area contributed by atoms with Gasteiger partial charge in [-0.25, -0.2) is 12.7 Å². The number of piperidine rings is 1. The zero-order valence-corrected chi connectivity index (χ0v) is 18.9. The first kappa shape index (κ1) is 23.2. The Morgan fingerprint density at radius 3 is 2.33 bits per heavy atom. The molecule has 0 spiro atoms. The topological polar surface area (TPSA) is 73.0 Å². The monoisotopic (exact) mass is 436 g/mol. The summed E-state index contributed by atoms with van der Waals surface area (Å²) in [6.07, 6.45) is 3.28. The molecule has 168 valence electrons. The van der Waals surface area contributed by atoms with Crippen molar-refractivity contribution in [3.8, 4) is 0 Å². The van der Waals surface area contributed by atoms with Crippen LogP contribution in [0.3, 0.4) is 0 Å². The summed E-state index contributed by atoms with van der Waals surface area (Å²) in [5.41, 5.74) is 0.800. The van der Waals surface area contributed by atoms with Crippen LogP contribution in [0.1, 0.15) is 31.2 Å². The van der Waals surface area contributed by atoms with E-state index in [0.717, 1.165) is 51.1 Å². The Morgan fingerprint density at radius 2 is 1.67 bits per heavy atom. The van der Waals surface area contributed by atoms with Crippen molar-refractivity contribution in [3.63, 3.8) is 0 Å². The van der Waals surface area contributed by atoms with Gasteiger partial charge in [-0.15, -0.1) is 0 Å². The number of nitrogens with zero attached hydrogens (tertiary/aromatic N) is 3. The van der Waals surface area contributed by atoms with Crippen molar-refractivity contribution in [2.45, 2.75) is 31.4 Å². The van der Waals surface area contributed by atoms with Crippen molar-refractivity contribution in [3.05, 3.63) is 35.9 Å². The number of sulfonamides is 1. The van der Waals surface area contributed by atoms with Crippen LogP contribution < -0.4 is 5.32 Å². The molecule has 2 saturated heterocycles. The molecule has 0 saturated carbocycles. The van der Waals surface area contributed by atoms with Crippen LogP contribution in [-0.4, -0.2) is 87.8 Å². The van der Waals surface area contributed by atoms with Crippen LogP contribution in [0.4, 0.5) is 0 Å². The molecule has 0 atom stereocenters. The maximum Gasteiger partial charge on any atom is 0.223 e. The van der Waals surface area contributed by atoms with Gasteiger partial charge in [-0.05, 0) is 44.8 Å². The predicted molar refractivity (Wildman–Crippen MR) is 120 cm³/mol. The SMILES string of the molecule is CN1CCN(CCCCNC(=O)C2CCN(S(=O)(=O)Cc3ccccc3)CC2)CC1. The van der Waals surface area contributed by atoms with Crippen LogP contribution in [0.5, 0.6) is 0 Å². The summed E-state index contributed by atoms with van der Waals surface area (Å²) in [5, 5.41) is 3.06. The molecule has 0 bridgehead atoms. The lowest BCUT2D eigenvalue weighted by atomic mass is 9.97. The fraction of sp³-hybridized carbons (Fsp3) is 0.682. The van der Waals surface area contributed by atoms with Crippen LogP contribution >= 0.6 is 0 Å². The highest BCUT2D eigenvalue weighted by Gasteiger charge is 2.31. The molecule has 2 aliphatic heterocycles. The van der Waals surface area contributed by atoms with Crippen molar-refractivity contribution in [2.24, 2.45) is 5.92 Å². The zero-order valence-electron chi connectivity index (χ0n) is 18.1. The van der Waals surface area contributed by atoms with E-state index in [1.54, 1.807) is 4.31 Å². The highest BCUT2D eigenvalue weighted by molar-refractivity contribution is 7.88. The molecule has 0 radical (unpaired) electrons. The van der Waals surface area contributed by atoms with Crippen molar-refractivity contribution in [2.75, 3.05) is 59.4 Å². The number of amides is 1. The summed E-state index contributed by atoms with van der Waals surface area (Å²) in [5.74, 6) is 0.0263. The fourth-order valence-electron chi connectivity index (χ4n) is 4.16. The second-order valence-electron chi connectivity index (χ2n) is 8.56. The molecule has 3 rings (SSSR count). The van der Waals surface area contributed by atoms with E-state index in [-0.39, 0.29) is 17.6 Å². The van der Waals surface area contributed by atoms with Gasteiger partial charge in [0.15, 0.2) is 0 Å². The van der Waals surface area contributed by atoms with Crippen molar-refractivity contribution in [1.29, 1.82) is 0 Å². The van der Waals surface area contributed by atoms with Gasteiger partial charge in [0.05, 0.1) is 5.75 Å². The number of benzene rings is 1. The summed E-state index contributed by atoms with van der Waals surface area (Å²) in [6.45, 7) is 7.20. The van der Waals surface area contributed by atoms with Gasteiger partial charge in [0.1, 0.15) is 0 Å². The molecule has 0 unspecified atom stereocenters. The summed E-state index contributed by atoms with van der Waals surface area (Å²) < 4.78 is 26.8. The third kappa shape index (κ3) is 7.04. The molecule has 0 aromatic heterocycles. The number of likely N-dealkylation sites (N-methyl/N-ethyl adjacent to an activating group) is 1. The fourth-order valence-corrected chi connectivity index (χ4v) is 5.72. The van der Waals surface area contributed by atoms with Gasteiger partial charge in [0, 0.05) is 51.7 Å². The van der Waals surface area contributed by atoms with Gasteiger partial charge in [0.25, 0.3) is 0 Å². The molecule has 0 aliphatic carbocycles. The third-order valence-corrected chi connectivity index (χ3v) is 8.06. The minimum atomic E-state index is -3.33. The number of piperazine rings is 1. The Hall–Kier alpha value is -1.48. The van der Waals surface area contributed by atoms with Gasteiger partial charge in [-0.2, -0.15) is 0 Å². The van der Waals surface area contributed by atoms with Crippen LogP contribution in [0.25, 0.3) is 0 Å². The minimum absolute atomic E-state index is 0.0258. The van der Waals surface area contributed by atoms with Gasteiger partial charge >= 0.3 is 0 Å². The lowest BCUT2D eigenvalue weighted by molar-refractivity contribution is -0.126. The average molecular weight is 437 g/mol. The highest BCUT2D eigenvalue weighted by Crippen LogP contribution is 2.22. The Labute approximate surface area is 181 Å². The lowest BCUT2D eigenvalue weighted by Gasteiger charge is -2.32. The van der Waals surface area contributed by atoms with Crippen LogP contribution in [0, 0.1) is 5.92 Å². The largest absolute Gasteiger partial charge is 0.356 e. The number of carbonyl (C=O) groups excluding carboxylic acids is 1. The van der Waals surface area contributed by atoms with Crippen LogP contribution in [0.2, 0.25) is 0 Å². The number of rotatable bonds is 9. The molecule has 1 aromatic rings. The normalized spacial score (nSPS) is 20.3. The first-order chi connectivity index (χ1) is 14.4. The summed E-state index contributed by atoms with van der Waals surface area (Å²) >= 11 is 0. The molecule has 1 amide bonds. The first-order valence-corrected chi connectivity index (χ1v) is 12.8. The maximum absolute atomic E-state index is 12.6. The van der Waals surface area contributed by atoms with E-state index >= 15 is 0 Å². The predicted octanol–water partition coefficient (Wildman–Crippen LogP) is 1.37. The van der Waals surface area contributed by atoms with Gasteiger partial charge in [-0.1, -0.05) is 30.3 Å². The minimum Gasteiger partial charge on any atom is -0.356 e.